The lowest BCUT2D eigenvalue weighted by molar-refractivity contribution is 0.626. The van der Waals surface area contributed by atoms with Crippen molar-refractivity contribution in [2.45, 2.75) is 25.7 Å². The molecule has 0 fully saturated rings. The van der Waals surface area contributed by atoms with Crippen molar-refractivity contribution in [3.8, 4) is 0 Å². The average molecular weight is 233 g/mol. The van der Waals surface area contributed by atoms with Crippen LogP contribution in [0.25, 0.3) is 0 Å². The van der Waals surface area contributed by atoms with Gasteiger partial charge in [0.15, 0.2) is 0 Å². The van der Waals surface area contributed by atoms with Gasteiger partial charge in [-0.05, 0) is 37.0 Å². The van der Waals surface area contributed by atoms with E-state index in [1.807, 2.05) is 6.07 Å². The molecule has 1 nitrogen and oxygen atoms in total. The first kappa shape index (κ1) is 9.97. The van der Waals surface area contributed by atoms with Crippen molar-refractivity contribution in [2.75, 3.05) is 0 Å². The highest BCUT2D eigenvalue weighted by molar-refractivity contribution is 7.11. The summed E-state index contributed by atoms with van der Waals surface area (Å²) in [5.41, 5.74) is 2.28. The van der Waals surface area contributed by atoms with E-state index in [0.29, 0.717) is 0 Å². The summed E-state index contributed by atoms with van der Waals surface area (Å²) >= 11 is 1.79. The molecule has 1 aliphatic rings. The highest BCUT2D eigenvalue weighted by Gasteiger charge is 2.16. The molecule has 0 N–H and O–H groups in total. The minimum absolute atomic E-state index is 0.165. The lowest BCUT2D eigenvalue weighted by Gasteiger charge is -1.98. The molecule has 0 bridgehead atoms. The van der Waals surface area contributed by atoms with Crippen molar-refractivity contribution in [2.24, 2.45) is 0 Å². The lowest BCUT2D eigenvalue weighted by atomic mass is 10.1. The SMILES string of the molecule is Fc1cccc(Cc2nc3c(s2)CCC3)c1. The maximum Gasteiger partial charge on any atom is 0.123 e. The van der Waals surface area contributed by atoms with Crippen LogP contribution in [-0.2, 0) is 19.3 Å². The van der Waals surface area contributed by atoms with Gasteiger partial charge in [-0.3, -0.25) is 0 Å². The molecule has 0 saturated carbocycles. The molecule has 0 radical (unpaired) electrons. The summed E-state index contributed by atoms with van der Waals surface area (Å²) in [7, 11) is 0. The van der Waals surface area contributed by atoms with Gasteiger partial charge in [-0.2, -0.15) is 0 Å². The van der Waals surface area contributed by atoms with Crippen molar-refractivity contribution < 1.29 is 4.39 Å². The van der Waals surface area contributed by atoms with Gasteiger partial charge in [0.1, 0.15) is 5.82 Å². The standard InChI is InChI=1S/C13H12FNS/c14-10-4-1-3-9(7-10)8-13-15-11-5-2-6-12(11)16-13/h1,3-4,7H,2,5-6,8H2. The zero-order chi connectivity index (χ0) is 11.0. The van der Waals surface area contributed by atoms with Crippen LogP contribution in [0.3, 0.4) is 0 Å². The molecule has 0 amide bonds. The highest BCUT2D eigenvalue weighted by Crippen LogP contribution is 2.28. The Morgan fingerprint density at radius 1 is 1.31 bits per heavy atom. The number of thiazole rings is 1. The first-order valence-corrected chi connectivity index (χ1v) is 6.35. The average Bonchev–Trinajstić information content (AvgIpc) is 2.77. The van der Waals surface area contributed by atoms with E-state index in [2.05, 4.69) is 4.98 Å². The third-order valence-corrected chi connectivity index (χ3v) is 4.04. The molecule has 0 unspecified atom stereocenters. The van der Waals surface area contributed by atoms with Crippen molar-refractivity contribution in [1.82, 2.24) is 4.98 Å². The van der Waals surface area contributed by atoms with E-state index in [9.17, 15) is 4.39 Å². The summed E-state index contributed by atoms with van der Waals surface area (Å²) < 4.78 is 13.0. The Kier molecular flexibility index (Phi) is 2.48. The maximum atomic E-state index is 13.0. The number of aromatic nitrogens is 1. The van der Waals surface area contributed by atoms with Gasteiger partial charge < -0.3 is 0 Å². The Hall–Kier alpha value is -1.22. The number of rotatable bonds is 2. The number of aryl methyl sites for hydroxylation is 2. The fourth-order valence-corrected chi connectivity index (χ4v) is 3.33. The smallest absolute Gasteiger partial charge is 0.123 e. The molecule has 0 spiro atoms. The summed E-state index contributed by atoms with van der Waals surface area (Å²) in [6, 6.07) is 6.78. The van der Waals surface area contributed by atoms with Crippen LogP contribution in [0, 0.1) is 5.82 Å². The third-order valence-electron chi connectivity index (χ3n) is 2.88. The monoisotopic (exact) mass is 233 g/mol. The number of halogens is 1. The molecule has 16 heavy (non-hydrogen) atoms. The number of hydrogen-bond donors (Lipinski definition) is 0. The molecule has 1 heterocycles. The minimum atomic E-state index is -0.165. The zero-order valence-electron chi connectivity index (χ0n) is 8.87. The molecule has 0 atom stereocenters. The van der Waals surface area contributed by atoms with E-state index in [4.69, 9.17) is 0 Å². The molecule has 1 aromatic carbocycles. The van der Waals surface area contributed by atoms with Crippen molar-refractivity contribution in [3.63, 3.8) is 0 Å². The third kappa shape index (κ3) is 1.87. The number of fused-ring (bicyclic) bond motifs is 1. The van der Waals surface area contributed by atoms with Crippen molar-refractivity contribution in [3.05, 3.63) is 51.2 Å². The molecule has 82 valence electrons. The fraction of sp³-hybridized carbons (Fsp3) is 0.308. The maximum absolute atomic E-state index is 13.0. The molecule has 3 rings (SSSR count). The summed E-state index contributed by atoms with van der Waals surface area (Å²) in [5.74, 6) is -0.165. The second kappa shape index (κ2) is 3.98. The van der Waals surface area contributed by atoms with E-state index in [0.717, 1.165) is 23.4 Å². The molecule has 2 aromatic rings. The van der Waals surface area contributed by atoms with Gasteiger partial charge in [0.25, 0.3) is 0 Å². The van der Waals surface area contributed by atoms with E-state index in [-0.39, 0.29) is 5.82 Å². The van der Waals surface area contributed by atoms with Crippen LogP contribution >= 0.6 is 11.3 Å². The van der Waals surface area contributed by atoms with E-state index >= 15 is 0 Å². The molecular weight excluding hydrogens is 221 g/mol. The predicted octanol–water partition coefficient (Wildman–Crippen LogP) is 3.36. The Morgan fingerprint density at radius 3 is 3.06 bits per heavy atom. The summed E-state index contributed by atoms with van der Waals surface area (Å²) in [6.45, 7) is 0. The van der Waals surface area contributed by atoms with Crippen LogP contribution < -0.4 is 0 Å². The molecule has 1 aliphatic carbocycles. The Balaban J connectivity index is 1.83. The van der Waals surface area contributed by atoms with Gasteiger partial charge in [0.2, 0.25) is 0 Å². The van der Waals surface area contributed by atoms with Crippen LogP contribution in [0.15, 0.2) is 24.3 Å². The first-order chi connectivity index (χ1) is 7.81. The molecular formula is C13H12FNS. The first-order valence-electron chi connectivity index (χ1n) is 5.53. The number of benzene rings is 1. The van der Waals surface area contributed by atoms with Gasteiger partial charge in [-0.1, -0.05) is 12.1 Å². The number of hydrogen-bond acceptors (Lipinski definition) is 2. The normalized spacial score (nSPS) is 14.1. The van der Waals surface area contributed by atoms with Gasteiger partial charge >= 0.3 is 0 Å². The topological polar surface area (TPSA) is 12.9 Å². The quantitative estimate of drug-likeness (QED) is 0.775. The largest absolute Gasteiger partial charge is 0.246 e. The highest BCUT2D eigenvalue weighted by atomic mass is 32.1. The van der Waals surface area contributed by atoms with E-state index in [1.54, 1.807) is 23.5 Å². The lowest BCUT2D eigenvalue weighted by Crippen LogP contribution is -1.89. The Labute approximate surface area is 98.0 Å². The van der Waals surface area contributed by atoms with E-state index in [1.165, 1.54) is 29.5 Å². The van der Waals surface area contributed by atoms with Gasteiger partial charge in [-0.15, -0.1) is 11.3 Å². The van der Waals surface area contributed by atoms with Gasteiger partial charge in [-0.25, -0.2) is 9.37 Å². The van der Waals surface area contributed by atoms with Crippen LogP contribution in [0.4, 0.5) is 4.39 Å². The Morgan fingerprint density at radius 2 is 2.25 bits per heavy atom. The van der Waals surface area contributed by atoms with E-state index < -0.39 is 0 Å². The van der Waals surface area contributed by atoms with Crippen LogP contribution in [-0.4, -0.2) is 4.98 Å². The minimum Gasteiger partial charge on any atom is -0.246 e. The Bertz CT molecular complexity index is 497. The summed E-state index contributed by atoms with van der Waals surface area (Å²) in [5, 5.41) is 1.12. The van der Waals surface area contributed by atoms with Crippen LogP contribution in [0.2, 0.25) is 0 Å². The molecule has 1 aromatic heterocycles. The zero-order valence-corrected chi connectivity index (χ0v) is 9.69. The predicted molar refractivity (Wildman–Crippen MR) is 63.3 cm³/mol. The number of nitrogens with zero attached hydrogens (tertiary/aromatic N) is 1. The summed E-state index contributed by atoms with van der Waals surface area (Å²) in [6.07, 6.45) is 4.30. The molecule has 0 saturated heterocycles. The second-order valence-corrected chi connectivity index (χ2v) is 5.31. The molecule has 3 heteroatoms. The van der Waals surface area contributed by atoms with Gasteiger partial charge in [0.05, 0.1) is 10.7 Å². The molecule has 0 aliphatic heterocycles. The second-order valence-electron chi connectivity index (χ2n) is 4.14. The van der Waals surface area contributed by atoms with Crippen LogP contribution in [0.1, 0.15) is 27.6 Å². The van der Waals surface area contributed by atoms with Crippen molar-refractivity contribution >= 4 is 11.3 Å². The van der Waals surface area contributed by atoms with Crippen molar-refractivity contribution in [1.29, 1.82) is 0 Å². The van der Waals surface area contributed by atoms with Gasteiger partial charge in [0, 0.05) is 11.3 Å². The fourth-order valence-electron chi connectivity index (χ4n) is 2.14. The van der Waals surface area contributed by atoms with Crippen LogP contribution in [0.5, 0.6) is 0 Å². The summed E-state index contributed by atoms with van der Waals surface area (Å²) in [4.78, 5) is 6.05.